The van der Waals surface area contributed by atoms with Crippen LogP contribution in [0.5, 0.6) is 0 Å². The second-order valence-corrected chi connectivity index (χ2v) is 6.40. The third-order valence-electron chi connectivity index (χ3n) is 3.30. The summed E-state index contributed by atoms with van der Waals surface area (Å²) in [5.41, 5.74) is 1.88. The zero-order valence-corrected chi connectivity index (χ0v) is 13.6. The Kier molecular flexibility index (Phi) is 6.14. The molecule has 1 unspecified atom stereocenters. The van der Waals surface area contributed by atoms with Crippen molar-refractivity contribution in [1.29, 1.82) is 0 Å². The molecule has 120 valence electrons. The molecule has 0 aliphatic carbocycles. The highest BCUT2D eigenvalue weighted by molar-refractivity contribution is 8.14. The minimum Gasteiger partial charge on any atom is -0.469 e. The van der Waals surface area contributed by atoms with Crippen molar-refractivity contribution < 1.29 is 14.3 Å². The summed E-state index contributed by atoms with van der Waals surface area (Å²) in [4.78, 5) is 22.4. The SMILES string of the molecule is COC(=O)CCn1cc(/C=C2/CNCCC2SC(C)=O)nn1. The number of carbonyl (C=O) groups is 2. The Morgan fingerprint density at radius 2 is 2.41 bits per heavy atom. The lowest BCUT2D eigenvalue weighted by molar-refractivity contribution is -0.140. The van der Waals surface area contributed by atoms with Gasteiger partial charge < -0.3 is 10.1 Å². The molecule has 0 bridgehead atoms. The maximum absolute atomic E-state index is 11.3. The number of aromatic nitrogens is 3. The summed E-state index contributed by atoms with van der Waals surface area (Å²) in [6.07, 6.45) is 4.95. The molecule has 2 heterocycles. The fourth-order valence-corrected chi connectivity index (χ4v) is 3.17. The zero-order chi connectivity index (χ0) is 15.9. The molecular formula is C14H20N4O3S. The van der Waals surface area contributed by atoms with Crippen LogP contribution >= 0.6 is 11.8 Å². The van der Waals surface area contributed by atoms with Crippen LogP contribution in [0.2, 0.25) is 0 Å². The van der Waals surface area contributed by atoms with E-state index in [0.29, 0.717) is 6.54 Å². The number of esters is 1. The number of hydrogen-bond acceptors (Lipinski definition) is 7. The van der Waals surface area contributed by atoms with Crippen molar-refractivity contribution in [2.24, 2.45) is 0 Å². The van der Waals surface area contributed by atoms with Crippen LogP contribution in [0.15, 0.2) is 11.8 Å². The van der Waals surface area contributed by atoms with Gasteiger partial charge in [0.15, 0.2) is 5.12 Å². The largest absolute Gasteiger partial charge is 0.469 e. The second kappa shape index (κ2) is 8.09. The molecule has 0 amide bonds. The van der Waals surface area contributed by atoms with Gasteiger partial charge in [0.05, 0.1) is 26.3 Å². The van der Waals surface area contributed by atoms with Gasteiger partial charge >= 0.3 is 5.97 Å². The highest BCUT2D eigenvalue weighted by Crippen LogP contribution is 2.26. The van der Waals surface area contributed by atoms with E-state index in [1.54, 1.807) is 17.8 Å². The second-order valence-electron chi connectivity index (χ2n) is 5.02. The molecule has 1 saturated heterocycles. The molecule has 1 aliphatic rings. The Hall–Kier alpha value is -1.67. The number of nitrogens with zero attached hydrogens (tertiary/aromatic N) is 3. The third-order valence-corrected chi connectivity index (χ3v) is 4.45. The van der Waals surface area contributed by atoms with Gasteiger partial charge in [-0.15, -0.1) is 5.10 Å². The first-order valence-electron chi connectivity index (χ1n) is 7.14. The van der Waals surface area contributed by atoms with Crippen molar-refractivity contribution in [3.05, 3.63) is 17.5 Å². The van der Waals surface area contributed by atoms with E-state index in [0.717, 1.165) is 30.8 Å². The average Bonchev–Trinajstić information content (AvgIpc) is 2.94. The van der Waals surface area contributed by atoms with E-state index in [2.05, 4.69) is 20.4 Å². The number of thioether (sulfide) groups is 1. The van der Waals surface area contributed by atoms with Gasteiger partial charge in [0.25, 0.3) is 0 Å². The summed E-state index contributed by atoms with van der Waals surface area (Å²) >= 11 is 1.36. The first kappa shape index (κ1) is 16.7. The Balaban J connectivity index is 2.02. The first-order chi connectivity index (χ1) is 10.6. The maximum atomic E-state index is 11.3. The molecule has 2 rings (SSSR count). The van der Waals surface area contributed by atoms with Crippen LogP contribution in [0, 0.1) is 0 Å². The first-order valence-corrected chi connectivity index (χ1v) is 8.02. The lowest BCUT2D eigenvalue weighted by atomic mass is 10.1. The van der Waals surface area contributed by atoms with Gasteiger partial charge in [-0.05, 0) is 24.6 Å². The number of nitrogens with one attached hydrogen (secondary N) is 1. The molecule has 1 aromatic rings. The van der Waals surface area contributed by atoms with Crippen molar-refractivity contribution in [2.75, 3.05) is 20.2 Å². The molecule has 1 atom stereocenters. The van der Waals surface area contributed by atoms with Crippen molar-refractivity contribution in [1.82, 2.24) is 20.3 Å². The monoisotopic (exact) mass is 324 g/mol. The van der Waals surface area contributed by atoms with Gasteiger partial charge in [-0.2, -0.15) is 0 Å². The van der Waals surface area contributed by atoms with E-state index in [9.17, 15) is 9.59 Å². The van der Waals surface area contributed by atoms with Gasteiger partial charge in [-0.1, -0.05) is 17.0 Å². The van der Waals surface area contributed by atoms with Crippen molar-refractivity contribution >= 4 is 28.9 Å². The molecule has 1 fully saturated rings. The number of rotatable bonds is 5. The van der Waals surface area contributed by atoms with Crippen LogP contribution in [-0.4, -0.2) is 51.5 Å². The normalized spacial score (nSPS) is 20.1. The topological polar surface area (TPSA) is 86.1 Å². The fraction of sp³-hybridized carbons (Fsp3) is 0.571. The molecule has 0 radical (unpaired) electrons. The van der Waals surface area contributed by atoms with Crippen LogP contribution in [0.25, 0.3) is 6.08 Å². The van der Waals surface area contributed by atoms with E-state index < -0.39 is 0 Å². The van der Waals surface area contributed by atoms with E-state index >= 15 is 0 Å². The van der Waals surface area contributed by atoms with Gasteiger partial charge in [0, 0.05) is 18.7 Å². The van der Waals surface area contributed by atoms with Crippen LogP contribution in [-0.2, 0) is 20.9 Å². The quantitative estimate of drug-likeness (QED) is 0.804. The van der Waals surface area contributed by atoms with E-state index in [4.69, 9.17) is 0 Å². The summed E-state index contributed by atoms with van der Waals surface area (Å²) < 4.78 is 6.21. The molecule has 1 N–H and O–H groups in total. The molecule has 22 heavy (non-hydrogen) atoms. The van der Waals surface area contributed by atoms with Gasteiger partial charge in [0.2, 0.25) is 0 Å². The number of methoxy groups -OCH3 is 1. The number of aryl methyl sites for hydroxylation is 1. The summed E-state index contributed by atoms with van der Waals surface area (Å²) in [5.74, 6) is -0.273. The molecule has 0 aromatic carbocycles. The minimum atomic E-state index is -0.273. The summed E-state index contributed by atoms with van der Waals surface area (Å²) in [7, 11) is 1.36. The Labute approximate surface area is 133 Å². The number of piperidine rings is 1. The van der Waals surface area contributed by atoms with E-state index in [1.807, 2.05) is 6.08 Å². The maximum Gasteiger partial charge on any atom is 0.307 e. The molecule has 0 spiro atoms. The lowest BCUT2D eigenvalue weighted by Crippen LogP contribution is -2.32. The third kappa shape index (κ3) is 4.96. The van der Waals surface area contributed by atoms with Gasteiger partial charge in [-0.3, -0.25) is 14.3 Å². The highest BCUT2D eigenvalue weighted by Gasteiger charge is 2.21. The van der Waals surface area contributed by atoms with E-state index in [-0.39, 0.29) is 22.8 Å². The number of hydrogen-bond donors (Lipinski definition) is 1. The average molecular weight is 324 g/mol. The standard InChI is InChI=1S/C14H20N4O3S/c1-10(19)22-13-3-5-15-8-11(13)7-12-9-18(17-16-12)6-4-14(20)21-2/h7,9,13,15H,3-6,8H2,1-2H3/b11-7-. The predicted molar refractivity (Wildman–Crippen MR) is 84.2 cm³/mol. The van der Waals surface area contributed by atoms with Crippen LogP contribution < -0.4 is 5.32 Å². The molecular weight excluding hydrogens is 304 g/mol. The Morgan fingerprint density at radius 1 is 1.59 bits per heavy atom. The summed E-state index contributed by atoms with van der Waals surface area (Å²) in [6, 6.07) is 0. The Morgan fingerprint density at radius 3 is 3.14 bits per heavy atom. The van der Waals surface area contributed by atoms with Crippen molar-refractivity contribution in [2.45, 2.75) is 31.6 Å². The number of ether oxygens (including phenoxy) is 1. The summed E-state index contributed by atoms with van der Waals surface area (Å²) in [6.45, 7) is 3.69. The van der Waals surface area contributed by atoms with Gasteiger partial charge in [-0.25, -0.2) is 0 Å². The van der Waals surface area contributed by atoms with Crippen molar-refractivity contribution in [3.63, 3.8) is 0 Å². The molecule has 7 nitrogen and oxygen atoms in total. The Bertz CT molecular complexity index is 570. The molecule has 8 heteroatoms. The predicted octanol–water partition coefficient (Wildman–Crippen LogP) is 0.866. The minimum absolute atomic E-state index is 0.125. The lowest BCUT2D eigenvalue weighted by Gasteiger charge is -2.24. The van der Waals surface area contributed by atoms with Crippen LogP contribution in [0.1, 0.15) is 25.5 Å². The molecule has 1 aliphatic heterocycles. The van der Waals surface area contributed by atoms with Crippen molar-refractivity contribution in [3.8, 4) is 0 Å². The fourth-order valence-electron chi connectivity index (χ4n) is 2.23. The smallest absolute Gasteiger partial charge is 0.307 e. The van der Waals surface area contributed by atoms with Crippen LogP contribution in [0.3, 0.4) is 0 Å². The van der Waals surface area contributed by atoms with E-state index in [1.165, 1.54) is 18.9 Å². The summed E-state index contributed by atoms with van der Waals surface area (Å²) in [5, 5.41) is 11.7. The van der Waals surface area contributed by atoms with Crippen LogP contribution in [0.4, 0.5) is 0 Å². The molecule has 0 saturated carbocycles. The van der Waals surface area contributed by atoms with Gasteiger partial charge in [0.1, 0.15) is 5.69 Å². The molecule has 1 aromatic heterocycles. The zero-order valence-electron chi connectivity index (χ0n) is 12.7. The number of carbonyl (C=O) groups excluding carboxylic acids is 2. The highest BCUT2D eigenvalue weighted by atomic mass is 32.2.